The van der Waals surface area contributed by atoms with E-state index >= 15 is 0 Å². The summed E-state index contributed by atoms with van der Waals surface area (Å²) in [6.07, 6.45) is 0. The van der Waals surface area contributed by atoms with E-state index in [-0.39, 0.29) is 8.95 Å². The first-order valence-corrected chi connectivity index (χ1v) is 6.70. The monoisotopic (exact) mass is 429 g/mol. The van der Waals surface area contributed by atoms with Gasteiger partial charge in [-0.1, -0.05) is 0 Å². The SMILES string of the molecule is Fc1ccc(Br)c(F)c1.O=[N+]([O-])c1cc(Br)c(F)cc1F. The molecule has 112 valence electrons. The van der Waals surface area contributed by atoms with Crippen molar-refractivity contribution in [2.24, 2.45) is 0 Å². The minimum absolute atomic E-state index is 0.129. The normalized spacial score (nSPS) is 9.81. The lowest BCUT2D eigenvalue weighted by Crippen LogP contribution is -1.93. The molecular weight excluding hydrogens is 426 g/mol. The first-order valence-electron chi connectivity index (χ1n) is 5.12. The molecule has 2 aromatic rings. The van der Waals surface area contributed by atoms with E-state index in [2.05, 4.69) is 31.9 Å². The molecule has 0 spiro atoms. The molecule has 2 rings (SSSR count). The zero-order chi connectivity index (χ0) is 16.2. The Morgan fingerprint density at radius 3 is 1.90 bits per heavy atom. The largest absolute Gasteiger partial charge is 0.306 e. The second-order valence-corrected chi connectivity index (χ2v) is 5.24. The quantitative estimate of drug-likeness (QED) is 0.264. The number of nitro benzene ring substituents is 1. The second kappa shape index (κ2) is 7.51. The molecule has 21 heavy (non-hydrogen) atoms. The molecule has 0 atom stereocenters. The summed E-state index contributed by atoms with van der Waals surface area (Å²) in [5.41, 5.74) is -0.747. The van der Waals surface area contributed by atoms with Crippen molar-refractivity contribution < 1.29 is 22.5 Å². The van der Waals surface area contributed by atoms with Crippen LogP contribution in [-0.2, 0) is 0 Å². The summed E-state index contributed by atoms with van der Waals surface area (Å²) in [6, 6.07) is 4.58. The van der Waals surface area contributed by atoms with Crippen LogP contribution in [0.25, 0.3) is 0 Å². The summed E-state index contributed by atoms with van der Waals surface area (Å²) >= 11 is 5.59. The fourth-order valence-electron chi connectivity index (χ4n) is 1.12. The highest BCUT2D eigenvalue weighted by Gasteiger charge is 2.16. The summed E-state index contributed by atoms with van der Waals surface area (Å²) in [7, 11) is 0. The fourth-order valence-corrected chi connectivity index (χ4v) is 1.70. The van der Waals surface area contributed by atoms with Crippen LogP contribution in [-0.4, -0.2) is 4.92 Å². The third kappa shape index (κ3) is 5.09. The van der Waals surface area contributed by atoms with Crippen molar-refractivity contribution in [3.05, 3.63) is 72.7 Å². The van der Waals surface area contributed by atoms with Gasteiger partial charge in [-0.25, -0.2) is 13.2 Å². The Morgan fingerprint density at radius 1 is 0.857 bits per heavy atom. The lowest BCUT2D eigenvalue weighted by molar-refractivity contribution is -0.387. The molecule has 0 fully saturated rings. The maximum Gasteiger partial charge on any atom is 0.306 e. The number of hydrogen-bond acceptors (Lipinski definition) is 2. The summed E-state index contributed by atoms with van der Waals surface area (Å²) < 4.78 is 49.6. The average molecular weight is 431 g/mol. The minimum Gasteiger partial charge on any atom is -0.258 e. The van der Waals surface area contributed by atoms with Gasteiger partial charge in [0.1, 0.15) is 17.5 Å². The second-order valence-electron chi connectivity index (χ2n) is 3.53. The third-order valence-corrected chi connectivity index (χ3v) is 3.32. The Kier molecular flexibility index (Phi) is 6.28. The van der Waals surface area contributed by atoms with Gasteiger partial charge in [-0.15, -0.1) is 0 Å². The highest BCUT2D eigenvalue weighted by Crippen LogP contribution is 2.24. The summed E-state index contributed by atoms with van der Waals surface area (Å²) in [6.45, 7) is 0. The standard InChI is InChI=1S/C6H2BrF2NO2.C6H3BrF2/c7-3-1-6(10(11)12)5(9)2-4(3)8;7-5-2-1-4(8)3-6(5)9/h1-2H;1-3H. The number of nitrogens with zero attached hydrogens (tertiary/aromatic N) is 1. The number of halogens is 6. The van der Waals surface area contributed by atoms with E-state index in [0.717, 1.165) is 12.1 Å². The van der Waals surface area contributed by atoms with Crippen LogP contribution in [0.5, 0.6) is 0 Å². The topological polar surface area (TPSA) is 43.1 Å². The first kappa shape index (κ1) is 17.6. The lowest BCUT2D eigenvalue weighted by atomic mass is 10.3. The van der Waals surface area contributed by atoms with Crippen molar-refractivity contribution in [3.8, 4) is 0 Å². The van der Waals surface area contributed by atoms with Gasteiger partial charge in [0.05, 0.1) is 13.9 Å². The van der Waals surface area contributed by atoms with E-state index in [1.807, 2.05) is 0 Å². The Balaban J connectivity index is 0.000000219. The molecule has 0 unspecified atom stereocenters. The Bertz CT molecular complexity index is 683. The summed E-state index contributed by atoms with van der Waals surface area (Å²) in [5, 5.41) is 10.1. The van der Waals surface area contributed by atoms with Gasteiger partial charge >= 0.3 is 5.69 Å². The molecule has 2 aromatic carbocycles. The fraction of sp³-hybridized carbons (Fsp3) is 0. The highest BCUT2D eigenvalue weighted by molar-refractivity contribution is 9.10. The molecule has 0 radical (unpaired) electrons. The van der Waals surface area contributed by atoms with E-state index in [9.17, 15) is 27.7 Å². The predicted molar refractivity (Wildman–Crippen MR) is 74.8 cm³/mol. The van der Waals surface area contributed by atoms with Crippen LogP contribution in [0.1, 0.15) is 0 Å². The predicted octanol–water partition coefficient (Wildman–Crippen LogP) is 5.36. The molecule has 0 amide bonds. The smallest absolute Gasteiger partial charge is 0.258 e. The van der Waals surface area contributed by atoms with Crippen molar-refractivity contribution in [2.75, 3.05) is 0 Å². The van der Waals surface area contributed by atoms with Crippen molar-refractivity contribution >= 4 is 37.5 Å². The molecule has 9 heteroatoms. The maximum atomic E-state index is 12.6. The van der Waals surface area contributed by atoms with E-state index in [1.165, 1.54) is 12.1 Å². The van der Waals surface area contributed by atoms with Gasteiger partial charge in [0.2, 0.25) is 5.82 Å². The van der Waals surface area contributed by atoms with Crippen LogP contribution in [0.2, 0.25) is 0 Å². The van der Waals surface area contributed by atoms with E-state index in [1.54, 1.807) is 0 Å². The molecule has 0 heterocycles. The molecule has 0 aliphatic rings. The van der Waals surface area contributed by atoms with Gasteiger partial charge in [0, 0.05) is 18.2 Å². The molecule has 0 N–H and O–H groups in total. The zero-order valence-electron chi connectivity index (χ0n) is 9.92. The summed E-state index contributed by atoms with van der Waals surface area (Å²) in [5.74, 6) is -3.18. The van der Waals surface area contributed by atoms with E-state index in [4.69, 9.17) is 0 Å². The number of nitro groups is 1. The van der Waals surface area contributed by atoms with Gasteiger partial charge in [-0.3, -0.25) is 10.1 Å². The van der Waals surface area contributed by atoms with Gasteiger partial charge in [0.15, 0.2) is 0 Å². The Hall–Kier alpha value is -1.48. The van der Waals surface area contributed by atoms with E-state index < -0.39 is 33.9 Å². The molecule has 0 aliphatic carbocycles. The molecular formula is C12H5Br2F4NO2. The minimum atomic E-state index is -1.18. The van der Waals surface area contributed by atoms with Crippen molar-refractivity contribution in [1.29, 1.82) is 0 Å². The Morgan fingerprint density at radius 2 is 1.43 bits per heavy atom. The average Bonchev–Trinajstić information content (AvgIpc) is 2.39. The molecule has 3 nitrogen and oxygen atoms in total. The van der Waals surface area contributed by atoms with Gasteiger partial charge in [-0.2, -0.15) is 4.39 Å². The van der Waals surface area contributed by atoms with Gasteiger partial charge < -0.3 is 0 Å². The number of hydrogen-bond donors (Lipinski definition) is 0. The lowest BCUT2D eigenvalue weighted by Gasteiger charge is -1.95. The van der Waals surface area contributed by atoms with E-state index in [0.29, 0.717) is 6.07 Å². The van der Waals surface area contributed by atoms with Crippen LogP contribution in [0.15, 0.2) is 39.3 Å². The molecule has 0 bridgehead atoms. The van der Waals surface area contributed by atoms with Crippen LogP contribution in [0.3, 0.4) is 0 Å². The van der Waals surface area contributed by atoms with Crippen molar-refractivity contribution in [2.45, 2.75) is 0 Å². The number of benzene rings is 2. The third-order valence-electron chi connectivity index (χ3n) is 2.07. The molecule has 0 saturated heterocycles. The van der Waals surface area contributed by atoms with Crippen LogP contribution >= 0.6 is 31.9 Å². The molecule has 0 saturated carbocycles. The number of rotatable bonds is 1. The van der Waals surface area contributed by atoms with Crippen molar-refractivity contribution in [1.82, 2.24) is 0 Å². The Labute approximate surface area is 133 Å². The summed E-state index contributed by atoms with van der Waals surface area (Å²) in [4.78, 5) is 9.19. The molecule has 0 aromatic heterocycles. The highest BCUT2D eigenvalue weighted by atomic mass is 79.9. The first-order chi connectivity index (χ1) is 9.72. The van der Waals surface area contributed by atoms with Crippen LogP contribution in [0, 0.1) is 33.4 Å². The van der Waals surface area contributed by atoms with Crippen molar-refractivity contribution in [3.63, 3.8) is 0 Å². The van der Waals surface area contributed by atoms with Crippen LogP contribution in [0.4, 0.5) is 23.2 Å². The zero-order valence-corrected chi connectivity index (χ0v) is 13.1. The molecule has 0 aliphatic heterocycles. The van der Waals surface area contributed by atoms with Crippen LogP contribution < -0.4 is 0 Å². The van der Waals surface area contributed by atoms with Gasteiger partial charge in [-0.05, 0) is 44.0 Å². The maximum absolute atomic E-state index is 12.6. The van der Waals surface area contributed by atoms with Gasteiger partial charge in [0.25, 0.3) is 0 Å².